The first-order valence-corrected chi connectivity index (χ1v) is 5.77. The van der Waals surface area contributed by atoms with E-state index in [1.807, 2.05) is 19.1 Å². The first-order chi connectivity index (χ1) is 8.26. The minimum absolute atomic E-state index is 0.290. The largest absolute Gasteiger partial charge is 0.454 e. The molecule has 0 atom stereocenters. The fourth-order valence-electron chi connectivity index (χ4n) is 1.58. The lowest BCUT2D eigenvalue weighted by Crippen LogP contribution is -1.92. The topological polar surface area (TPSA) is 44.2 Å². The highest BCUT2D eigenvalue weighted by Crippen LogP contribution is 2.35. The normalized spacial score (nSPS) is 12.2. The molecule has 1 aliphatic rings. The van der Waals surface area contributed by atoms with Crippen LogP contribution in [0.15, 0.2) is 18.5 Å². The van der Waals surface area contributed by atoms with Gasteiger partial charge in [0, 0.05) is 17.1 Å². The van der Waals surface area contributed by atoms with E-state index in [1.165, 1.54) is 6.42 Å². The number of hydrogen-bond acceptors (Lipinski definition) is 4. The third kappa shape index (κ3) is 2.30. The molecule has 0 saturated carbocycles. The van der Waals surface area contributed by atoms with Crippen LogP contribution in [0, 0.1) is 6.92 Å². The van der Waals surface area contributed by atoms with Gasteiger partial charge in [-0.15, -0.1) is 0 Å². The molecule has 3 rings (SSSR count). The van der Waals surface area contributed by atoms with E-state index in [0.29, 0.717) is 0 Å². The molecule has 4 nitrogen and oxygen atoms in total. The Morgan fingerprint density at radius 2 is 1.76 bits per heavy atom. The van der Waals surface area contributed by atoms with Crippen molar-refractivity contribution in [2.45, 2.75) is 27.2 Å². The number of rotatable bonds is 0. The highest BCUT2D eigenvalue weighted by molar-refractivity contribution is 5.84. The Bertz CT molecular complexity index is 526. The van der Waals surface area contributed by atoms with Gasteiger partial charge in [0.05, 0.1) is 5.52 Å². The van der Waals surface area contributed by atoms with Crippen LogP contribution in [0.25, 0.3) is 10.9 Å². The molecule has 0 aliphatic carbocycles. The zero-order valence-corrected chi connectivity index (χ0v) is 10.4. The molecule has 4 heteroatoms. The van der Waals surface area contributed by atoms with E-state index in [9.17, 15) is 0 Å². The van der Waals surface area contributed by atoms with Crippen LogP contribution in [0.2, 0.25) is 0 Å². The highest BCUT2D eigenvalue weighted by atomic mass is 16.7. The van der Waals surface area contributed by atoms with Crippen molar-refractivity contribution in [1.29, 1.82) is 0 Å². The monoisotopic (exact) mass is 232 g/mol. The Balaban J connectivity index is 0.000000329. The maximum Gasteiger partial charge on any atom is 0.231 e. The Morgan fingerprint density at radius 3 is 2.47 bits per heavy atom. The summed E-state index contributed by atoms with van der Waals surface area (Å²) in [6.07, 6.45) is 2.81. The molecule has 0 saturated heterocycles. The van der Waals surface area contributed by atoms with Crippen LogP contribution in [-0.2, 0) is 0 Å². The summed E-state index contributed by atoms with van der Waals surface area (Å²) in [5.74, 6) is 1.53. The first-order valence-electron chi connectivity index (χ1n) is 5.77. The van der Waals surface area contributed by atoms with Crippen LogP contribution in [-0.4, -0.2) is 16.8 Å². The van der Waals surface area contributed by atoms with Gasteiger partial charge < -0.3 is 9.47 Å². The zero-order valence-electron chi connectivity index (χ0n) is 10.4. The minimum atomic E-state index is 0.290. The summed E-state index contributed by atoms with van der Waals surface area (Å²) in [7, 11) is 0. The number of aryl methyl sites for hydroxylation is 1. The summed E-state index contributed by atoms with van der Waals surface area (Å²) in [5.41, 5.74) is 1.84. The highest BCUT2D eigenvalue weighted by Gasteiger charge is 2.15. The molecular weight excluding hydrogens is 216 g/mol. The SMILES string of the molecule is CCC.Cc1ncnc2cc3c(cc12)OCO3. The van der Waals surface area contributed by atoms with E-state index >= 15 is 0 Å². The Kier molecular flexibility index (Phi) is 3.42. The standard InChI is InChI=1S/C10H8N2O2.C3H8/c1-6-7-2-9-10(14-5-13-9)3-8(7)12-4-11-6;1-3-2/h2-4H,5H2,1H3;3H2,1-2H3. The van der Waals surface area contributed by atoms with E-state index in [2.05, 4.69) is 23.8 Å². The summed E-state index contributed by atoms with van der Waals surface area (Å²) in [6.45, 7) is 6.49. The van der Waals surface area contributed by atoms with Crippen molar-refractivity contribution < 1.29 is 9.47 Å². The van der Waals surface area contributed by atoms with Crippen molar-refractivity contribution >= 4 is 10.9 Å². The first kappa shape index (κ1) is 11.6. The maximum atomic E-state index is 5.28. The number of nitrogens with zero attached hydrogens (tertiary/aromatic N) is 2. The van der Waals surface area contributed by atoms with Crippen molar-refractivity contribution in [2.24, 2.45) is 0 Å². The van der Waals surface area contributed by atoms with E-state index in [0.717, 1.165) is 28.1 Å². The molecule has 0 amide bonds. The number of ether oxygens (including phenoxy) is 2. The lowest BCUT2D eigenvalue weighted by molar-refractivity contribution is 0.174. The number of aromatic nitrogens is 2. The lowest BCUT2D eigenvalue weighted by atomic mass is 10.2. The van der Waals surface area contributed by atoms with Gasteiger partial charge >= 0.3 is 0 Å². The molecule has 0 radical (unpaired) electrons. The molecular formula is C13H16N2O2. The molecule has 2 aromatic rings. The second-order valence-corrected chi connectivity index (χ2v) is 3.89. The van der Waals surface area contributed by atoms with E-state index in [-0.39, 0.29) is 6.79 Å². The van der Waals surface area contributed by atoms with Crippen LogP contribution in [0.1, 0.15) is 26.0 Å². The summed E-state index contributed by atoms with van der Waals surface area (Å²) in [5, 5.41) is 1.01. The van der Waals surface area contributed by atoms with Crippen molar-refractivity contribution in [1.82, 2.24) is 9.97 Å². The van der Waals surface area contributed by atoms with Gasteiger partial charge in [-0.1, -0.05) is 20.3 Å². The van der Waals surface area contributed by atoms with Crippen molar-refractivity contribution in [3.05, 3.63) is 24.2 Å². The molecule has 17 heavy (non-hydrogen) atoms. The number of benzene rings is 1. The molecule has 1 aromatic heterocycles. The van der Waals surface area contributed by atoms with Gasteiger partial charge in [0.15, 0.2) is 11.5 Å². The van der Waals surface area contributed by atoms with Crippen molar-refractivity contribution in [3.63, 3.8) is 0 Å². The van der Waals surface area contributed by atoms with E-state index in [1.54, 1.807) is 6.33 Å². The number of fused-ring (bicyclic) bond motifs is 2. The van der Waals surface area contributed by atoms with Crippen LogP contribution < -0.4 is 9.47 Å². The summed E-state index contributed by atoms with van der Waals surface area (Å²) in [6, 6.07) is 3.80. The van der Waals surface area contributed by atoms with Gasteiger partial charge in [0.25, 0.3) is 0 Å². The second-order valence-electron chi connectivity index (χ2n) is 3.89. The Hall–Kier alpha value is -1.84. The van der Waals surface area contributed by atoms with Gasteiger partial charge in [-0.2, -0.15) is 0 Å². The molecule has 0 bridgehead atoms. The molecule has 1 aliphatic heterocycles. The third-order valence-electron chi connectivity index (χ3n) is 2.33. The zero-order chi connectivity index (χ0) is 12.3. The summed E-state index contributed by atoms with van der Waals surface area (Å²) >= 11 is 0. The Morgan fingerprint density at radius 1 is 1.12 bits per heavy atom. The average molecular weight is 232 g/mol. The van der Waals surface area contributed by atoms with E-state index in [4.69, 9.17) is 9.47 Å². The van der Waals surface area contributed by atoms with Crippen LogP contribution in [0.4, 0.5) is 0 Å². The maximum absolute atomic E-state index is 5.28. The van der Waals surface area contributed by atoms with Gasteiger partial charge in [0.2, 0.25) is 6.79 Å². The molecule has 90 valence electrons. The van der Waals surface area contributed by atoms with E-state index < -0.39 is 0 Å². The molecule has 0 fully saturated rings. The van der Waals surface area contributed by atoms with Crippen LogP contribution in [0.5, 0.6) is 11.5 Å². The van der Waals surface area contributed by atoms with Crippen LogP contribution in [0.3, 0.4) is 0 Å². The minimum Gasteiger partial charge on any atom is -0.454 e. The predicted molar refractivity (Wildman–Crippen MR) is 66.4 cm³/mol. The van der Waals surface area contributed by atoms with Gasteiger partial charge in [0.1, 0.15) is 6.33 Å². The smallest absolute Gasteiger partial charge is 0.231 e. The fourth-order valence-corrected chi connectivity index (χ4v) is 1.58. The molecule has 2 heterocycles. The molecule has 1 aromatic carbocycles. The number of hydrogen-bond donors (Lipinski definition) is 0. The second kappa shape index (κ2) is 4.99. The average Bonchev–Trinajstić information content (AvgIpc) is 2.75. The van der Waals surface area contributed by atoms with Gasteiger partial charge in [-0.05, 0) is 13.0 Å². The summed E-state index contributed by atoms with van der Waals surface area (Å²) < 4.78 is 10.5. The Labute approximate surface area is 101 Å². The fraction of sp³-hybridized carbons (Fsp3) is 0.385. The molecule has 0 spiro atoms. The predicted octanol–water partition coefficient (Wildman–Crippen LogP) is 3.08. The third-order valence-corrected chi connectivity index (χ3v) is 2.33. The van der Waals surface area contributed by atoms with Crippen molar-refractivity contribution in [3.8, 4) is 11.5 Å². The van der Waals surface area contributed by atoms with Gasteiger partial charge in [-0.25, -0.2) is 9.97 Å². The van der Waals surface area contributed by atoms with Gasteiger partial charge in [-0.3, -0.25) is 0 Å². The summed E-state index contributed by atoms with van der Waals surface area (Å²) in [4.78, 5) is 8.30. The molecule has 0 unspecified atom stereocenters. The lowest BCUT2D eigenvalue weighted by Gasteiger charge is -2.01. The quantitative estimate of drug-likeness (QED) is 0.700. The van der Waals surface area contributed by atoms with Crippen molar-refractivity contribution in [2.75, 3.05) is 6.79 Å². The van der Waals surface area contributed by atoms with Crippen LogP contribution >= 0.6 is 0 Å². The molecule has 0 N–H and O–H groups in total.